The summed E-state index contributed by atoms with van der Waals surface area (Å²) in [5.74, 6) is -1.44. The Morgan fingerprint density at radius 3 is 2.30 bits per heavy atom. The molecule has 5 saturated carbocycles. The van der Waals surface area contributed by atoms with Gasteiger partial charge in [0.2, 0.25) is 0 Å². The smallest absolute Gasteiger partial charge is 0.120 e. The maximum absolute atomic E-state index is 12.5. The molecule has 33 heavy (non-hydrogen) atoms. The third kappa shape index (κ3) is 2.15. The van der Waals surface area contributed by atoms with Gasteiger partial charge in [-0.2, -0.15) is 0 Å². The van der Waals surface area contributed by atoms with Crippen molar-refractivity contribution in [3.05, 3.63) is 0 Å². The average Bonchev–Trinajstić information content (AvgIpc) is 3.16. The van der Waals surface area contributed by atoms with E-state index >= 15 is 0 Å². The zero-order valence-electron chi connectivity index (χ0n) is 20.2. The fourth-order valence-electron chi connectivity index (χ4n) is 10.9. The molecule has 0 radical (unpaired) electrons. The Bertz CT molecular complexity index is 830. The number of aliphatic hydroxyl groups is 4. The van der Waals surface area contributed by atoms with Gasteiger partial charge in [0.1, 0.15) is 23.4 Å². The van der Waals surface area contributed by atoms with Crippen LogP contribution >= 0.6 is 0 Å². The van der Waals surface area contributed by atoms with Gasteiger partial charge in [0.15, 0.2) is 0 Å². The molecule has 0 aromatic rings. The fourth-order valence-corrected chi connectivity index (χ4v) is 10.9. The number of aliphatic hydroxyl groups excluding tert-OH is 2. The molecule has 188 valence electrons. The summed E-state index contributed by atoms with van der Waals surface area (Å²) >= 11 is 0. The van der Waals surface area contributed by atoms with E-state index in [0.29, 0.717) is 6.61 Å². The van der Waals surface area contributed by atoms with Crippen LogP contribution in [0, 0.1) is 34.5 Å². The van der Waals surface area contributed by atoms with E-state index < -0.39 is 46.8 Å². The first-order chi connectivity index (χ1) is 15.6. The van der Waals surface area contributed by atoms with Crippen LogP contribution in [0.4, 0.5) is 0 Å². The second kappa shape index (κ2) is 6.89. The molecule has 5 aliphatic carbocycles. The highest BCUT2D eigenvalue weighted by Crippen LogP contribution is 2.79. The van der Waals surface area contributed by atoms with Crippen LogP contribution < -0.4 is 0 Å². The molecule has 1 saturated heterocycles. The molecule has 6 fully saturated rings. The van der Waals surface area contributed by atoms with Crippen molar-refractivity contribution in [2.75, 3.05) is 48.6 Å². The molecule has 6 aliphatic rings. The zero-order valence-corrected chi connectivity index (χ0v) is 20.2. The van der Waals surface area contributed by atoms with E-state index in [0.717, 1.165) is 19.4 Å². The first-order valence-corrected chi connectivity index (χ1v) is 12.2. The van der Waals surface area contributed by atoms with Crippen LogP contribution in [-0.2, 0) is 18.9 Å². The molecule has 7 bridgehead atoms. The molecule has 4 N–H and O–H groups in total. The van der Waals surface area contributed by atoms with E-state index in [1.165, 1.54) is 7.11 Å². The molecule has 1 spiro atoms. The van der Waals surface area contributed by atoms with Crippen LogP contribution in [0.1, 0.15) is 19.3 Å². The first-order valence-electron chi connectivity index (χ1n) is 12.2. The number of likely N-dealkylation sites (tertiary alicyclic amines) is 1. The molecule has 1 aliphatic heterocycles. The monoisotopic (exact) mass is 469 g/mol. The van der Waals surface area contributed by atoms with Crippen molar-refractivity contribution >= 4 is 0 Å². The molecule has 9 nitrogen and oxygen atoms in total. The van der Waals surface area contributed by atoms with Crippen molar-refractivity contribution in [2.24, 2.45) is 34.5 Å². The highest BCUT2D eigenvalue weighted by Gasteiger charge is 2.89. The predicted octanol–water partition coefficient (Wildman–Crippen LogP) is -1.15. The normalized spacial score (nSPS) is 63.2. The molecule has 1 unspecified atom stereocenters. The standard InChI is InChI=1S/C24H39NO8/c1-25-9-21(10-30-2)7-6-12(31-3)23-11-8-22(28)18(26)13(11)24(29,19(27)20(22)33-5)14(17(23)25)15(32-4)16(21)23/h11-20,26-29H,6-10H2,1-5H3/t11-,12+,13-,14+,15+,16-,17+,18-,19+,20+,21+,22-,23?,24-/m1/s1. The lowest BCUT2D eigenvalue weighted by Gasteiger charge is -2.69. The third-order valence-corrected chi connectivity index (χ3v) is 11.3. The zero-order chi connectivity index (χ0) is 23.7. The Hall–Kier alpha value is -0.360. The van der Waals surface area contributed by atoms with Gasteiger partial charge in [0, 0.05) is 69.6 Å². The maximum atomic E-state index is 12.5. The minimum Gasteiger partial charge on any atom is -0.390 e. The van der Waals surface area contributed by atoms with E-state index in [-0.39, 0.29) is 41.9 Å². The number of ether oxygens (including phenoxy) is 4. The number of fused-ring (bicyclic) bond motifs is 2. The summed E-state index contributed by atoms with van der Waals surface area (Å²) in [7, 11) is 8.66. The van der Waals surface area contributed by atoms with Gasteiger partial charge in [-0.25, -0.2) is 0 Å². The Morgan fingerprint density at radius 2 is 1.70 bits per heavy atom. The van der Waals surface area contributed by atoms with E-state index in [4.69, 9.17) is 18.9 Å². The average molecular weight is 470 g/mol. The van der Waals surface area contributed by atoms with Crippen molar-refractivity contribution in [2.45, 2.75) is 67.0 Å². The van der Waals surface area contributed by atoms with E-state index in [1.807, 2.05) is 0 Å². The van der Waals surface area contributed by atoms with Crippen molar-refractivity contribution in [1.82, 2.24) is 4.90 Å². The van der Waals surface area contributed by atoms with Crippen molar-refractivity contribution in [3.63, 3.8) is 0 Å². The third-order valence-electron chi connectivity index (χ3n) is 11.3. The largest absolute Gasteiger partial charge is 0.390 e. The fraction of sp³-hybridized carbons (Fsp3) is 1.00. The van der Waals surface area contributed by atoms with Crippen molar-refractivity contribution in [3.8, 4) is 0 Å². The number of piperidine rings is 1. The van der Waals surface area contributed by atoms with Gasteiger partial charge >= 0.3 is 0 Å². The Labute approximate surface area is 194 Å². The Morgan fingerprint density at radius 1 is 0.970 bits per heavy atom. The van der Waals surface area contributed by atoms with Gasteiger partial charge in [0.25, 0.3) is 0 Å². The molecule has 14 atom stereocenters. The highest BCUT2D eigenvalue weighted by atomic mass is 16.5. The summed E-state index contributed by atoms with van der Waals surface area (Å²) in [5, 5.41) is 47.3. The molecule has 9 heteroatoms. The van der Waals surface area contributed by atoms with Gasteiger partial charge in [-0.05, 0) is 32.2 Å². The van der Waals surface area contributed by atoms with E-state index in [9.17, 15) is 20.4 Å². The topological polar surface area (TPSA) is 121 Å². The molecule has 6 rings (SSSR count). The molecular weight excluding hydrogens is 430 g/mol. The number of methoxy groups -OCH3 is 4. The molecule has 0 amide bonds. The SMILES string of the molecule is COC[C@@]12CC[C@H](OC)C34[C@@H]5C[C@@]6(O)[C@H](O)[C@@H]5[C@@](O)([C@@H]([C@H](OC)[C@@H]31)[C@@H]4N(C)C2)[C@@H](O)[C@@H]6OC. The summed E-state index contributed by atoms with van der Waals surface area (Å²) in [4.78, 5) is 2.31. The minimum atomic E-state index is -1.67. The van der Waals surface area contributed by atoms with Gasteiger partial charge in [-0.3, -0.25) is 0 Å². The number of rotatable bonds is 5. The lowest BCUT2D eigenvalue weighted by atomic mass is 9.43. The number of hydrogen-bond donors (Lipinski definition) is 4. The van der Waals surface area contributed by atoms with Crippen LogP contribution in [0.25, 0.3) is 0 Å². The summed E-state index contributed by atoms with van der Waals surface area (Å²) < 4.78 is 23.9. The van der Waals surface area contributed by atoms with Crippen LogP contribution in [0.2, 0.25) is 0 Å². The van der Waals surface area contributed by atoms with Gasteiger partial charge in [-0.1, -0.05) is 0 Å². The second-order valence-electron chi connectivity index (χ2n) is 11.9. The quantitative estimate of drug-likeness (QED) is 0.396. The van der Waals surface area contributed by atoms with Crippen LogP contribution in [0.5, 0.6) is 0 Å². The summed E-state index contributed by atoms with van der Waals surface area (Å²) in [6.07, 6.45) is -2.14. The second-order valence-corrected chi connectivity index (χ2v) is 11.9. The van der Waals surface area contributed by atoms with Crippen molar-refractivity contribution in [1.29, 1.82) is 0 Å². The predicted molar refractivity (Wildman–Crippen MR) is 115 cm³/mol. The Kier molecular flexibility index (Phi) is 4.82. The molecule has 1 heterocycles. The summed E-state index contributed by atoms with van der Waals surface area (Å²) in [5.41, 5.74) is -3.98. The summed E-state index contributed by atoms with van der Waals surface area (Å²) in [6.45, 7) is 1.36. The minimum absolute atomic E-state index is 0.00206. The molecular formula is C24H39NO8. The molecule has 0 aromatic heterocycles. The molecule has 0 aromatic carbocycles. The van der Waals surface area contributed by atoms with E-state index in [2.05, 4.69) is 11.9 Å². The Balaban J connectivity index is 1.66. The highest BCUT2D eigenvalue weighted by molar-refractivity contribution is 5.39. The number of nitrogens with zero attached hydrogens (tertiary/aromatic N) is 1. The van der Waals surface area contributed by atoms with Gasteiger partial charge < -0.3 is 44.3 Å². The van der Waals surface area contributed by atoms with Crippen LogP contribution in [0.15, 0.2) is 0 Å². The number of hydrogen-bond acceptors (Lipinski definition) is 9. The van der Waals surface area contributed by atoms with Gasteiger partial charge in [0.05, 0.1) is 24.9 Å². The van der Waals surface area contributed by atoms with Gasteiger partial charge in [-0.15, -0.1) is 0 Å². The lowest BCUT2D eigenvalue weighted by Crippen LogP contribution is -2.79. The summed E-state index contributed by atoms with van der Waals surface area (Å²) in [6, 6.07) is -0.131. The van der Waals surface area contributed by atoms with E-state index in [1.54, 1.807) is 21.3 Å². The first kappa shape index (κ1) is 23.1. The lowest BCUT2D eigenvalue weighted by molar-refractivity contribution is -0.314. The van der Waals surface area contributed by atoms with Crippen LogP contribution in [-0.4, -0.2) is 122 Å². The maximum Gasteiger partial charge on any atom is 0.120 e. The van der Waals surface area contributed by atoms with Crippen molar-refractivity contribution < 1.29 is 39.4 Å². The van der Waals surface area contributed by atoms with Crippen LogP contribution in [0.3, 0.4) is 0 Å².